The van der Waals surface area contributed by atoms with Gasteiger partial charge in [0, 0.05) is 23.1 Å². The average molecular weight is 715 g/mol. The van der Waals surface area contributed by atoms with Gasteiger partial charge in [-0.25, -0.2) is 9.79 Å². The second-order valence-corrected chi connectivity index (χ2v) is 12.4. The smallest absolute Gasteiger partial charge is 0.338 e. The van der Waals surface area contributed by atoms with Gasteiger partial charge in [-0.2, -0.15) is 0 Å². The van der Waals surface area contributed by atoms with Gasteiger partial charge >= 0.3 is 5.97 Å². The van der Waals surface area contributed by atoms with Crippen LogP contribution in [0.15, 0.2) is 61.9 Å². The van der Waals surface area contributed by atoms with Crippen molar-refractivity contribution in [3.63, 3.8) is 0 Å². The number of thiazole rings is 1. The number of amides is 1. The number of carbonyl (C=O) groups excluding carboxylic acids is 2. The molecule has 2 aliphatic heterocycles. The van der Waals surface area contributed by atoms with E-state index in [4.69, 9.17) is 28.7 Å². The first-order chi connectivity index (χ1) is 22.3. The Labute approximate surface area is 278 Å². The number of carbonyl (C=O) groups is 2. The van der Waals surface area contributed by atoms with Crippen LogP contribution in [0.2, 0.25) is 0 Å². The third-order valence-corrected chi connectivity index (χ3v) is 9.06. The summed E-state index contributed by atoms with van der Waals surface area (Å²) in [5, 5.41) is 0. The molecular weight excluding hydrogens is 678 g/mol. The molecule has 3 heterocycles. The summed E-state index contributed by atoms with van der Waals surface area (Å²) in [6.45, 7) is 5.89. The molecule has 0 N–H and O–H groups in total. The fourth-order valence-corrected chi connectivity index (χ4v) is 6.82. The second kappa shape index (κ2) is 15.1. The van der Waals surface area contributed by atoms with Gasteiger partial charge in [-0.05, 0) is 55.3 Å². The minimum Gasteiger partial charge on any atom is -0.496 e. The van der Waals surface area contributed by atoms with E-state index in [1.807, 2.05) is 19.1 Å². The Kier molecular flexibility index (Phi) is 11.0. The van der Waals surface area contributed by atoms with Crippen molar-refractivity contribution in [1.82, 2.24) is 9.47 Å². The van der Waals surface area contributed by atoms with Crippen LogP contribution >= 0.6 is 27.3 Å². The maximum Gasteiger partial charge on any atom is 0.338 e. The highest BCUT2D eigenvalue weighted by atomic mass is 79.9. The summed E-state index contributed by atoms with van der Waals surface area (Å²) in [5.41, 5.74) is 1.89. The van der Waals surface area contributed by atoms with E-state index in [0.717, 1.165) is 10.9 Å². The standard InChI is InChI=1S/C33H36BrN3O8S/c1-5-7-23-29(32(40)44-6-2)30(22-18-21(34)9-11-24(22)41-3)37-31(39)27(46-33(37)35-23)17-20-8-10-25(26(16-20)42-4)45-19-28(38)36-12-14-43-15-13-36/h8-11,16-18,30H,5-7,12-15,19H2,1-4H3/b27-17-/t30-/m0/s1. The van der Waals surface area contributed by atoms with Crippen LogP contribution in [0.4, 0.5) is 0 Å². The largest absolute Gasteiger partial charge is 0.496 e. The number of rotatable bonds is 11. The molecular formula is C33H36BrN3O8S. The Morgan fingerprint density at radius 2 is 1.80 bits per heavy atom. The van der Waals surface area contributed by atoms with Gasteiger partial charge in [0.05, 0.1) is 49.8 Å². The number of nitrogens with zero attached hydrogens (tertiary/aromatic N) is 3. The zero-order valence-corrected chi connectivity index (χ0v) is 28.6. The van der Waals surface area contributed by atoms with E-state index >= 15 is 0 Å². The van der Waals surface area contributed by atoms with Gasteiger partial charge < -0.3 is 28.6 Å². The number of benzene rings is 2. The van der Waals surface area contributed by atoms with E-state index in [1.165, 1.54) is 23.0 Å². The van der Waals surface area contributed by atoms with Gasteiger partial charge in [0.15, 0.2) is 22.9 Å². The second-order valence-electron chi connectivity index (χ2n) is 10.5. The summed E-state index contributed by atoms with van der Waals surface area (Å²) in [7, 11) is 3.07. The lowest BCUT2D eigenvalue weighted by Crippen LogP contribution is -2.43. The van der Waals surface area contributed by atoms with E-state index in [9.17, 15) is 14.4 Å². The molecule has 1 aromatic heterocycles. The molecule has 0 aliphatic carbocycles. The lowest BCUT2D eigenvalue weighted by molar-refractivity contribution is -0.139. The Morgan fingerprint density at radius 3 is 2.50 bits per heavy atom. The molecule has 1 amide bonds. The Morgan fingerprint density at radius 1 is 1.07 bits per heavy atom. The van der Waals surface area contributed by atoms with Gasteiger partial charge in [0.25, 0.3) is 11.5 Å². The van der Waals surface area contributed by atoms with Crippen LogP contribution in [-0.4, -0.2) is 75.1 Å². The maximum atomic E-state index is 14.2. The molecule has 0 unspecified atom stereocenters. The molecule has 46 heavy (non-hydrogen) atoms. The van der Waals surface area contributed by atoms with Gasteiger partial charge in [0.2, 0.25) is 0 Å². The molecule has 5 rings (SSSR count). The van der Waals surface area contributed by atoms with Crippen LogP contribution in [0.5, 0.6) is 17.2 Å². The topological polar surface area (TPSA) is 118 Å². The molecule has 2 aliphatic rings. The lowest BCUT2D eigenvalue weighted by Gasteiger charge is -2.27. The highest BCUT2D eigenvalue weighted by molar-refractivity contribution is 9.10. The average Bonchev–Trinajstić information content (AvgIpc) is 3.37. The van der Waals surface area contributed by atoms with E-state index in [1.54, 1.807) is 49.3 Å². The SMILES string of the molecule is CCCC1=C(C(=O)OCC)[C@H](c2cc(Br)ccc2OC)n2c(s/c(=C\c3ccc(OCC(=O)N4CCOCC4)c(OC)c3)c2=O)=N1. The number of fused-ring (bicyclic) bond motifs is 1. The highest BCUT2D eigenvalue weighted by Crippen LogP contribution is 2.38. The van der Waals surface area contributed by atoms with Crippen LogP contribution in [0, 0.1) is 0 Å². The molecule has 0 spiro atoms. The molecule has 1 saturated heterocycles. The normalized spacial score (nSPS) is 16.5. The zero-order valence-electron chi connectivity index (χ0n) is 26.2. The van der Waals surface area contributed by atoms with Gasteiger partial charge in [-0.3, -0.25) is 14.2 Å². The zero-order chi connectivity index (χ0) is 32.8. The van der Waals surface area contributed by atoms with Crippen molar-refractivity contribution >= 4 is 45.2 Å². The summed E-state index contributed by atoms with van der Waals surface area (Å²) < 4.78 is 30.6. The van der Waals surface area contributed by atoms with E-state index in [2.05, 4.69) is 15.9 Å². The molecule has 3 aromatic rings. The van der Waals surface area contributed by atoms with Gasteiger partial charge in [0.1, 0.15) is 11.8 Å². The molecule has 13 heteroatoms. The summed E-state index contributed by atoms with van der Waals surface area (Å²) in [6, 6.07) is 9.91. The number of ether oxygens (including phenoxy) is 5. The Balaban J connectivity index is 1.57. The van der Waals surface area contributed by atoms with Crippen LogP contribution in [0.3, 0.4) is 0 Å². The van der Waals surface area contributed by atoms with Crippen molar-refractivity contribution in [2.45, 2.75) is 32.7 Å². The van der Waals surface area contributed by atoms with Crippen molar-refractivity contribution in [1.29, 1.82) is 0 Å². The third-order valence-electron chi connectivity index (χ3n) is 7.58. The van der Waals surface area contributed by atoms with E-state index in [0.29, 0.717) is 81.7 Å². The predicted octanol–water partition coefficient (Wildman–Crippen LogP) is 3.60. The van der Waals surface area contributed by atoms with E-state index in [-0.39, 0.29) is 24.7 Å². The summed E-state index contributed by atoms with van der Waals surface area (Å²) in [6.07, 6.45) is 3.02. The predicted molar refractivity (Wildman–Crippen MR) is 176 cm³/mol. The van der Waals surface area contributed by atoms with Crippen LogP contribution in [0.25, 0.3) is 6.08 Å². The van der Waals surface area contributed by atoms with Crippen molar-refractivity contribution in [2.75, 3.05) is 53.7 Å². The Bertz CT molecular complexity index is 1830. The molecule has 11 nitrogen and oxygen atoms in total. The minimum atomic E-state index is -0.819. The monoisotopic (exact) mass is 713 g/mol. The van der Waals surface area contributed by atoms with Gasteiger partial charge in [-0.1, -0.05) is 46.7 Å². The summed E-state index contributed by atoms with van der Waals surface area (Å²) >= 11 is 4.78. The quantitative estimate of drug-likeness (QED) is 0.277. The highest BCUT2D eigenvalue weighted by Gasteiger charge is 2.36. The molecule has 0 radical (unpaired) electrons. The maximum absolute atomic E-state index is 14.2. The van der Waals surface area contributed by atoms with Crippen molar-refractivity contribution < 1.29 is 33.3 Å². The molecule has 0 saturated carbocycles. The number of aromatic nitrogens is 1. The Hall–Kier alpha value is -3.94. The van der Waals surface area contributed by atoms with Crippen molar-refractivity contribution in [3.8, 4) is 17.2 Å². The number of halogens is 1. The van der Waals surface area contributed by atoms with Crippen LogP contribution in [0.1, 0.15) is 43.9 Å². The molecule has 1 atom stereocenters. The number of allylic oxidation sites excluding steroid dienone is 1. The fraction of sp³-hybridized carbons (Fsp3) is 0.394. The number of hydrogen-bond acceptors (Lipinski definition) is 10. The minimum absolute atomic E-state index is 0.128. The summed E-state index contributed by atoms with van der Waals surface area (Å²) in [5.74, 6) is 0.700. The number of hydrogen-bond donors (Lipinski definition) is 0. The number of morpholine rings is 1. The third kappa shape index (κ3) is 7.06. The molecule has 2 aromatic carbocycles. The molecule has 1 fully saturated rings. The number of methoxy groups -OCH3 is 2. The first kappa shape index (κ1) is 33.4. The van der Waals surface area contributed by atoms with Crippen molar-refractivity contribution in [2.24, 2.45) is 4.99 Å². The van der Waals surface area contributed by atoms with E-state index < -0.39 is 12.0 Å². The van der Waals surface area contributed by atoms with Crippen molar-refractivity contribution in [3.05, 3.63) is 83.0 Å². The first-order valence-corrected chi connectivity index (χ1v) is 16.6. The summed E-state index contributed by atoms with van der Waals surface area (Å²) in [4.78, 5) is 47.2. The lowest BCUT2D eigenvalue weighted by atomic mass is 9.93. The fourth-order valence-electron chi connectivity index (χ4n) is 5.42. The number of esters is 1. The van der Waals surface area contributed by atoms with Crippen LogP contribution < -0.4 is 29.1 Å². The molecule has 244 valence electrons. The first-order valence-electron chi connectivity index (χ1n) is 15.0. The van der Waals surface area contributed by atoms with Crippen LogP contribution in [-0.2, 0) is 19.1 Å². The molecule has 0 bridgehead atoms. The van der Waals surface area contributed by atoms with Gasteiger partial charge in [-0.15, -0.1) is 0 Å².